The molecule has 1 heterocycles. The van der Waals surface area contributed by atoms with Gasteiger partial charge in [-0.15, -0.1) is 0 Å². The van der Waals surface area contributed by atoms with Gasteiger partial charge >= 0.3 is 0 Å². The van der Waals surface area contributed by atoms with Crippen molar-refractivity contribution in [3.63, 3.8) is 0 Å². The maximum Gasteiger partial charge on any atom is 0.245 e. The van der Waals surface area contributed by atoms with Crippen LogP contribution in [0.4, 0.5) is 4.39 Å². The van der Waals surface area contributed by atoms with E-state index in [0.29, 0.717) is 19.0 Å². The first-order chi connectivity index (χ1) is 9.05. The van der Waals surface area contributed by atoms with Crippen LogP contribution in [0.15, 0.2) is 29.2 Å². The molecule has 1 atom stereocenters. The fourth-order valence-corrected chi connectivity index (χ4v) is 4.11. The number of halogens is 1. The summed E-state index contributed by atoms with van der Waals surface area (Å²) in [5.74, 6) is -0.390. The first-order valence-electron chi connectivity index (χ1n) is 6.45. The minimum Gasteiger partial charge on any atom is -0.319 e. The van der Waals surface area contributed by atoms with Gasteiger partial charge in [0.05, 0.1) is 0 Å². The number of nitrogens with one attached hydrogen (secondary N) is 1. The van der Waals surface area contributed by atoms with Crippen molar-refractivity contribution < 1.29 is 12.8 Å². The van der Waals surface area contributed by atoms with Gasteiger partial charge in [0.2, 0.25) is 10.0 Å². The molecule has 106 valence electrons. The first-order valence-corrected chi connectivity index (χ1v) is 7.89. The topological polar surface area (TPSA) is 49.4 Å². The molecule has 1 aromatic rings. The predicted octanol–water partition coefficient (Wildman–Crippen LogP) is 1.45. The smallest absolute Gasteiger partial charge is 0.245 e. The Hall–Kier alpha value is -0.980. The van der Waals surface area contributed by atoms with Crippen molar-refractivity contribution >= 4 is 10.0 Å². The van der Waals surface area contributed by atoms with Crippen molar-refractivity contribution in [1.82, 2.24) is 9.62 Å². The van der Waals surface area contributed by atoms with E-state index in [1.165, 1.54) is 22.5 Å². The molecule has 1 unspecified atom stereocenters. The lowest BCUT2D eigenvalue weighted by atomic mass is 10.00. The number of sulfonamides is 1. The standard InChI is InChI=1S/C13H19FN2O2S/c1-15-9-11-5-4-8-16(10-11)19(17,18)13-7-3-2-6-12(13)14/h2-3,6-7,11,15H,4-5,8-10H2,1H3. The molecule has 0 aliphatic carbocycles. The van der Waals surface area contributed by atoms with Gasteiger partial charge in [-0.2, -0.15) is 4.31 Å². The van der Waals surface area contributed by atoms with E-state index in [0.717, 1.165) is 19.4 Å². The van der Waals surface area contributed by atoms with Crippen LogP contribution in [0.1, 0.15) is 12.8 Å². The fourth-order valence-electron chi connectivity index (χ4n) is 2.49. The monoisotopic (exact) mass is 286 g/mol. The number of hydrogen-bond acceptors (Lipinski definition) is 3. The molecule has 1 N–H and O–H groups in total. The Balaban J connectivity index is 2.22. The lowest BCUT2D eigenvalue weighted by Crippen LogP contribution is -2.42. The van der Waals surface area contributed by atoms with Crippen LogP contribution in [0.2, 0.25) is 0 Å². The maximum absolute atomic E-state index is 13.7. The highest BCUT2D eigenvalue weighted by molar-refractivity contribution is 7.89. The third-order valence-electron chi connectivity index (χ3n) is 3.43. The molecule has 19 heavy (non-hydrogen) atoms. The molecule has 4 nitrogen and oxygen atoms in total. The van der Waals surface area contributed by atoms with Crippen molar-refractivity contribution in [1.29, 1.82) is 0 Å². The minimum atomic E-state index is -3.71. The molecule has 0 aromatic heterocycles. The highest BCUT2D eigenvalue weighted by Crippen LogP contribution is 2.24. The molecule has 0 saturated carbocycles. The van der Waals surface area contributed by atoms with Crippen LogP contribution in [0.3, 0.4) is 0 Å². The summed E-state index contributed by atoms with van der Waals surface area (Å²) in [6.45, 7) is 1.71. The van der Waals surface area contributed by atoms with Crippen LogP contribution >= 0.6 is 0 Å². The van der Waals surface area contributed by atoms with Crippen LogP contribution in [-0.2, 0) is 10.0 Å². The highest BCUT2D eigenvalue weighted by atomic mass is 32.2. The zero-order valence-electron chi connectivity index (χ0n) is 11.0. The molecule has 0 spiro atoms. The molecule has 1 saturated heterocycles. The van der Waals surface area contributed by atoms with Gasteiger partial charge in [0.15, 0.2) is 0 Å². The summed E-state index contributed by atoms with van der Waals surface area (Å²) >= 11 is 0. The van der Waals surface area contributed by atoms with Crippen molar-refractivity contribution in [2.75, 3.05) is 26.7 Å². The average molecular weight is 286 g/mol. The van der Waals surface area contributed by atoms with Gasteiger partial charge in [-0.1, -0.05) is 12.1 Å². The number of benzene rings is 1. The second kappa shape index (κ2) is 5.98. The third-order valence-corrected chi connectivity index (χ3v) is 5.33. The molecular formula is C13H19FN2O2S. The number of nitrogens with zero attached hydrogens (tertiary/aromatic N) is 1. The molecule has 0 radical (unpaired) electrons. The Kier molecular flexibility index (Phi) is 4.54. The minimum absolute atomic E-state index is 0.222. The molecular weight excluding hydrogens is 267 g/mol. The van der Waals surface area contributed by atoms with E-state index in [4.69, 9.17) is 0 Å². The summed E-state index contributed by atoms with van der Waals surface area (Å²) in [5, 5.41) is 3.07. The lowest BCUT2D eigenvalue weighted by Gasteiger charge is -2.31. The molecule has 6 heteroatoms. The second-order valence-electron chi connectivity index (χ2n) is 4.86. The van der Waals surface area contributed by atoms with E-state index in [1.54, 1.807) is 6.07 Å². The lowest BCUT2D eigenvalue weighted by molar-refractivity contribution is 0.263. The van der Waals surface area contributed by atoms with Crippen molar-refractivity contribution in [3.05, 3.63) is 30.1 Å². The number of piperidine rings is 1. The van der Waals surface area contributed by atoms with E-state index in [1.807, 2.05) is 7.05 Å². The molecule has 2 rings (SSSR count). The Labute approximate surface area is 113 Å². The second-order valence-corrected chi connectivity index (χ2v) is 6.77. The summed E-state index contributed by atoms with van der Waals surface area (Å²) in [4.78, 5) is -0.222. The Morgan fingerprint density at radius 3 is 2.84 bits per heavy atom. The SMILES string of the molecule is CNCC1CCCN(S(=O)(=O)c2ccccc2F)C1. The summed E-state index contributed by atoms with van der Waals surface area (Å²) in [6.07, 6.45) is 1.82. The summed E-state index contributed by atoms with van der Waals surface area (Å²) in [7, 11) is -1.86. The van der Waals surface area contributed by atoms with E-state index in [2.05, 4.69) is 5.32 Å². The van der Waals surface area contributed by atoms with Crippen molar-refractivity contribution in [2.45, 2.75) is 17.7 Å². The average Bonchev–Trinajstić information content (AvgIpc) is 2.40. The molecule has 1 aliphatic rings. The van der Waals surface area contributed by atoms with Gasteiger partial charge in [0.25, 0.3) is 0 Å². The van der Waals surface area contributed by atoms with Gasteiger partial charge in [-0.3, -0.25) is 0 Å². The van der Waals surface area contributed by atoms with E-state index >= 15 is 0 Å². The van der Waals surface area contributed by atoms with Crippen molar-refractivity contribution in [2.24, 2.45) is 5.92 Å². The fraction of sp³-hybridized carbons (Fsp3) is 0.538. The molecule has 0 amide bonds. The maximum atomic E-state index is 13.7. The largest absolute Gasteiger partial charge is 0.319 e. The number of rotatable bonds is 4. The Morgan fingerprint density at radius 1 is 1.42 bits per heavy atom. The van der Waals surface area contributed by atoms with E-state index in [-0.39, 0.29) is 4.90 Å². The van der Waals surface area contributed by atoms with Crippen LogP contribution in [0, 0.1) is 11.7 Å². The number of hydrogen-bond donors (Lipinski definition) is 1. The summed E-state index contributed by atoms with van der Waals surface area (Å²) in [5.41, 5.74) is 0. The Bertz CT molecular complexity index is 531. The normalized spacial score (nSPS) is 21.5. The van der Waals surface area contributed by atoms with Crippen LogP contribution in [-0.4, -0.2) is 39.4 Å². The van der Waals surface area contributed by atoms with Gasteiger partial charge in [0.1, 0.15) is 10.7 Å². The zero-order chi connectivity index (χ0) is 13.9. The molecule has 0 bridgehead atoms. The van der Waals surface area contributed by atoms with Gasteiger partial charge in [-0.05, 0) is 44.5 Å². The van der Waals surface area contributed by atoms with Crippen LogP contribution < -0.4 is 5.32 Å². The third kappa shape index (κ3) is 3.13. The molecule has 1 fully saturated rings. The summed E-state index contributed by atoms with van der Waals surface area (Å²) < 4.78 is 39.9. The van der Waals surface area contributed by atoms with Crippen molar-refractivity contribution in [3.8, 4) is 0 Å². The first kappa shape index (κ1) is 14.4. The van der Waals surface area contributed by atoms with E-state index < -0.39 is 15.8 Å². The van der Waals surface area contributed by atoms with Crippen LogP contribution in [0.5, 0.6) is 0 Å². The molecule has 1 aromatic carbocycles. The predicted molar refractivity (Wildman–Crippen MR) is 71.8 cm³/mol. The quantitative estimate of drug-likeness (QED) is 0.911. The van der Waals surface area contributed by atoms with Gasteiger partial charge in [0, 0.05) is 13.1 Å². The highest BCUT2D eigenvalue weighted by Gasteiger charge is 2.31. The summed E-state index contributed by atoms with van der Waals surface area (Å²) in [6, 6.07) is 5.55. The molecule has 1 aliphatic heterocycles. The Morgan fingerprint density at radius 2 is 2.16 bits per heavy atom. The van der Waals surface area contributed by atoms with E-state index in [9.17, 15) is 12.8 Å². The van der Waals surface area contributed by atoms with Gasteiger partial charge in [-0.25, -0.2) is 12.8 Å². The zero-order valence-corrected chi connectivity index (χ0v) is 11.8. The van der Waals surface area contributed by atoms with Gasteiger partial charge < -0.3 is 5.32 Å². The van der Waals surface area contributed by atoms with Crippen LogP contribution in [0.25, 0.3) is 0 Å².